The summed E-state index contributed by atoms with van der Waals surface area (Å²) < 4.78 is 5.12. The molecule has 0 saturated carbocycles. The molecule has 3 aromatic heterocycles. The van der Waals surface area contributed by atoms with Gasteiger partial charge in [0.1, 0.15) is 0 Å². The minimum Gasteiger partial charge on any atom is -0.307 e. The van der Waals surface area contributed by atoms with E-state index in [1.165, 1.54) is 64.5 Å². The Morgan fingerprint density at radius 3 is 2.32 bits per heavy atom. The monoisotopic (exact) mass is 542 g/mol. The van der Waals surface area contributed by atoms with E-state index in [1.807, 2.05) is 23.6 Å². The second-order valence-corrected chi connectivity index (χ2v) is 12.6. The van der Waals surface area contributed by atoms with Gasteiger partial charge in [-0.1, -0.05) is 92.7 Å². The number of rotatable bonds is 2. The van der Waals surface area contributed by atoms with Gasteiger partial charge in [-0.15, -0.1) is 11.3 Å². The van der Waals surface area contributed by atoms with Crippen molar-refractivity contribution in [3.05, 3.63) is 133 Å². The van der Waals surface area contributed by atoms with Crippen LogP contribution in [0.4, 0.5) is 0 Å². The van der Waals surface area contributed by atoms with E-state index in [0.29, 0.717) is 0 Å². The first-order valence-electron chi connectivity index (χ1n) is 14.1. The van der Waals surface area contributed by atoms with Crippen molar-refractivity contribution in [2.75, 3.05) is 0 Å². The van der Waals surface area contributed by atoms with Crippen LogP contribution in [0.3, 0.4) is 0 Å². The van der Waals surface area contributed by atoms with E-state index in [9.17, 15) is 0 Å². The number of fused-ring (bicyclic) bond motifs is 10. The second-order valence-electron chi connectivity index (χ2n) is 11.6. The van der Waals surface area contributed by atoms with E-state index in [1.54, 1.807) is 0 Å². The molecule has 0 fully saturated rings. The van der Waals surface area contributed by atoms with Gasteiger partial charge in [0, 0.05) is 42.9 Å². The maximum atomic E-state index is 4.88. The Morgan fingerprint density at radius 1 is 0.634 bits per heavy atom. The number of nitrogens with zero attached hydrogens (tertiary/aromatic N) is 2. The number of thiophene rings is 1. The van der Waals surface area contributed by atoms with E-state index in [2.05, 4.69) is 128 Å². The average Bonchev–Trinajstić information content (AvgIpc) is 3.63. The number of pyridine rings is 1. The molecule has 0 atom stereocenters. The summed E-state index contributed by atoms with van der Waals surface area (Å²) in [6.45, 7) is 4.72. The van der Waals surface area contributed by atoms with Crippen LogP contribution in [0.2, 0.25) is 0 Å². The predicted molar refractivity (Wildman–Crippen MR) is 174 cm³/mol. The molecule has 3 heterocycles. The van der Waals surface area contributed by atoms with Gasteiger partial charge >= 0.3 is 0 Å². The average molecular weight is 543 g/mol. The van der Waals surface area contributed by atoms with Crippen LogP contribution in [0.5, 0.6) is 0 Å². The SMILES string of the molecule is CC1(C)c2ccccc2-c2ccc3c4ncccc4n(-c4ccc(-c5cccc6c5sc5ccccc56)cc4)c3c21. The van der Waals surface area contributed by atoms with E-state index >= 15 is 0 Å². The van der Waals surface area contributed by atoms with Crippen LogP contribution in [-0.2, 0) is 5.41 Å². The van der Waals surface area contributed by atoms with E-state index < -0.39 is 0 Å². The first-order valence-corrected chi connectivity index (χ1v) is 15.0. The molecule has 0 bridgehead atoms. The molecule has 3 heteroatoms. The summed E-state index contributed by atoms with van der Waals surface area (Å²) in [7, 11) is 0. The van der Waals surface area contributed by atoms with Crippen molar-refractivity contribution >= 4 is 53.4 Å². The maximum Gasteiger partial charge on any atom is 0.0963 e. The van der Waals surface area contributed by atoms with E-state index in [-0.39, 0.29) is 5.41 Å². The Bertz CT molecular complexity index is 2330. The molecule has 0 unspecified atom stereocenters. The van der Waals surface area contributed by atoms with Gasteiger partial charge in [0.2, 0.25) is 0 Å². The number of benzene rings is 5. The summed E-state index contributed by atoms with van der Waals surface area (Å²) in [6, 6.07) is 42.2. The Labute approximate surface area is 242 Å². The lowest BCUT2D eigenvalue weighted by Crippen LogP contribution is -2.16. The molecular formula is C38H26N2S. The summed E-state index contributed by atoms with van der Waals surface area (Å²) in [5.74, 6) is 0. The van der Waals surface area contributed by atoms with Crippen molar-refractivity contribution in [3.63, 3.8) is 0 Å². The zero-order valence-corrected chi connectivity index (χ0v) is 23.7. The Balaban J connectivity index is 1.29. The molecule has 2 nitrogen and oxygen atoms in total. The van der Waals surface area contributed by atoms with Gasteiger partial charge in [0.05, 0.1) is 16.6 Å². The van der Waals surface area contributed by atoms with Crippen molar-refractivity contribution in [2.24, 2.45) is 0 Å². The normalized spacial score (nSPS) is 13.8. The second kappa shape index (κ2) is 8.15. The predicted octanol–water partition coefficient (Wildman–Crippen LogP) is 10.5. The third-order valence-electron chi connectivity index (χ3n) is 9.04. The molecule has 9 rings (SSSR count). The van der Waals surface area contributed by atoms with Crippen molar-refractivity contribution in [2.45, 2.75) is 19.3 Å². The van der Waals surface area contributed by atoms with Gasteiger partial charge in [0.15, 0.2) is 0 Å². The van der Waals surface area contributed by atoms with Crippen molar-refractivity contribution < 1.29 is 0 Å². The summed E-state index contributed by atoms with van der Waals surface area (Å²) in [5.41, 5.74) is 12.5. The van der Waals surface area contributed by atoms with Crippen LogP contribution in [0, 0.1) is 0 Å². The molecule has 5 aromatic carbocycles. The molecule has 8 aromatic rings. The molecule has 41 heavy (non-hydrogen) atoms. The quantitative estimate of drug-likeness (QED) is 0.212. The molecule has 0 saturated heterocycles. The molecule has 0 spiro atoms. The van der Waals surface area contributed by atoms with Gasteiger partial charge in [-0.3, -0.25) is 4.98 Å². The Hall–Kier alpha value is -4.73. The van der Waals surface area contributed by atoms with Crippen molar-refractivity contribution in [1.82, 2.24) is 9.55 Å². The molecule has 0 amide bonds. The van der Waals surface area contributed by atoms with E-state index in [0.717, 1.165) is 16.7 Å². The highest BCUT2D eigenvalue weighted by Crippen LogP contribution is 2.52. The van der Waals surface area contributed by atoms with Crippen LogP contribution >= 0.6 is 11.3 Å². The molecule has 0 radical (unpaired) electrons. The first kappa shape index (κ1) is 23.0. The van der Waals surface area contributed by atoms with Crippen LogP contribution < -0.4 is 0 Å². The van der Waals surface area contributed by atoms with E-state index in [4.69, 9.17) is 4.98 Å². The maximum absolute atomic E-state index is 4.88. The summed E-state index contributed by atoms with van der Waals surface area (Å²) in [4.78, 5) is 4.88. The largest absolute Gasteiger partial charge is 0.307 e. The fraction of sp³-hybridized carbons (Fsp3) is 0.0789. The molecule has 194 valence electrons. The third kappa shape index (κ3) is 3.04. The Morgan fingerprint density at radius 2 is 1.41 bits per heavy atom. The summed E-state index contributed by atoms with van der Waals surface area (Å²) >= 11 is 1.88. The molecular weight excluding hydrogens is 516 g/mol. The number of hydrogen-bond donors (Lipinski definition) is 0. The lowest BCUT2D eigenvalue weighted by molar-refractivity contribution is 0.664. The topological polar surface area (TPSA) is 17.8 Å². The standard InChI is InChI=1S/C38H26N2S/c1-38(2)31-13-5-3-9-26(31)28-20-21-30-35-32(14-8-22-39-35)40(36(30)34(28)38)24-18-16-23(17-19-24)25-11-7-12-29-27-10-4-6-15-33(27)41-37(25)29/h3-22H,1-2H3. The van der Waals surface area contributed by atoms with Gasteiger partial charge in [-0.25, -0.2) is 0 Å². The van der Waals surface area contributed by atoms with Gasteiger partial charge in [0.25, 0.3) is 0 Å². The zero-order valence-electron chi connectivity index (χ0n) is 22.8. The molecule has 0 aliphatic heterocycles. The highest BCUT2D eigenvalue weighted by Gasteiger charge is 2.38. The van der Waals surface area contributed by atoms with Crippen LogP contribution in [0.1, 0.15) is 25.0 Å². The minimum atomic E-state index is -0.117. The fourth-order valence-corrected chi connectivity index (χ4v) is 8.45. The summed E-state index contributed by atoms with van der Waals surface area (Å²) in [5, 5.41) is 3.87. The molecule has 0 N–H and O–H groups in total. The van der Waals surface area contributed by atoms with Gasteiger partial charge in [-0.2, -0.15) is 0 Å². The lowest BCUT2D eigenvalue weighted by atomic mass is 9.81. The summed E-state index contributed by atoms with van der Waals surface area (Å²) in [6.07, 6.45) is 1.91. The fourth-order valence-electron chi connectivity index (χ4n) is 7.21. The van der Waals surface area contributed by atoms with Crippen LogP contribution in [0.15, 0.2) is 121 Å². The highest BCUT2D eigenvalue weighted by atomic mass is 32.1. The lowest BCUT2D eigenvalue weighted by Gasteiger charge is -2.23. The minimum absolute atomic E-state index is 0.117. The number of hydrogen-bond acceptors (Lipinski definition) is 2. The van der Waals surface area contributed by atoms with Gasteiger partial charge in [-0.05, 0) is 69.8 Å². The zero-order chi connectivity index (χ0) is 27.3. The number of aromatic nitrogens is 2. The smallest absolute Gasteiger partial charge is 0.0963 e. The third-order valence-corrected chi connectivity index (χ3v) is 10.3. The molecule has 1 aliphatic carbocycles. The van der Waals surface area contributed by atoms with Crippen molar-refractivity contribution in [3.8, 4) is 27.9 Å². The highest BCUT2D eigenvalue weighted by molar-refractivity contribution is 7.26. The Kier molecular flexibility index (Phi) is 4.58. The molecule has 1 aliphatic rings. The van der Waals surface area contributed by atoms with Crippen LogP contribution in [0.25, 0.3) is 70.0 Å². The van der Waals surface area contributed by atoms with Crippen molar-refractivity contribution in [1.29, 1.82) is 0 Å². The first-order chi connectivity index (χ1) is 20.1. The van der Waals surface area contributed by atoms with Crippen LogP contribution in [-0.4, -0.2) is 9.55 Å². The van der Waals surface area contributed by atoms with Gasteiger partial charge < -0.3 is 4.57 Å².